The highest BCUT2D eigenvalue weighted by Crippen LogP contribution is 2.22. The number of nitrogens with zero attached hydrogens (tertiary/aromatic N) is 3. The molecule has 0 saturated carbocycles. The van der Waals surface area contributed by atoms with E-state index in [4.69, 9.17) is 0 Å². The predicted octanol–water partition coefficient (Wildman–Crippen LogP) is 0.662. The van der Waals surface area contributed by atoms with Crippen LogP contribution in [-0.4, -0.2) is 95.1 Å². The van der Waals surface area contributed by atoms with Crippen LogP contribution in [0.1, 0.15) is 19.3 Å². The van der Waals surface area contributed by atoms with Crippen LogP contribution >= 0.6 is 0 Å². The van der Waals surface area contributed by atoms with Crippen LogP contribution in [0.4, 0.5) is 5.69 Å². The summed E-state index contributed by atoms with van der Waals surface area (Å²) in [6.45, 7) is 5.13. The van der Waals surface area contributed by atoms with Crippen molar-refractivity contribution >= 4 is 23.5 Å². The largest absolute Gasteiger partial charge is 0.506 e. The molecule has 9 heteroatoms. The summed E-state index contributed by atoms with van der Waals surface area (Å²) in [7, 11) is 0. The van der Waals surface area contributed by atoms with Crippen molar-refractivity contribution in [3.05, 3.63) is 24.3 Å². The maximum Gasteiger partial charge on any atom is 0.308 e. The standard InChI is InChI=1S/C21H30N4O5/c26-18-6-2-1-5-17(18)22-19(27)13-16(21(29)30)14-23-9-11-24(12-10-23)15-20(28)25-7-3-4-8-25/h1-2,5-6,16,26H,3-4,7-15H2,(H,22,27)(H,29,30)/t16-/m0/s1. The molecule has 0 unspecified atom stereocenters. The number of nitrogens with one attached hydrogen (secondary N) is 1. The van der Waals surface area contributed by atoms with Crippen LogP contribution in [0.5, 0.6) is 5.75 Å². The number of hydrogen-bond acceptors (Lipinski definition) is 6. The number of carbonyl (C=O) groups excluding carboxylic acids is 2. The van der Waals surface area contributed by atoms with Gasteiger partial charge in [0.05, 0.1) is 18.2 Å². The minimum Gasteiger partial charge on any atom is -0.506 e. The molecular formula is C21H30N4O5. The van der Waals surface area contributed by atoms with Crippen molar-refractivity contribution in [1.29, 1.82) is 0 Å². The zero-order valence-electron chi connectivity index (χ0n) is 17.1. The molecule has 1 aromatic rings. The van der Waals surface area contributed by atoms with Gasteiger partial charge in [0.25, 0.3) is 0 Å². The molecule has 3 rings (SSSR count). The zero-order valence-corrected chi connectivity index (χ0v) is 17.1. The minimum absolute atomic E-state index is 0.0580. The second-order valence-corrected chi connectivity index (χ2v) is 7.97. The Morgan fingerprint density at radius 3 is 2.23 bits per heavy atom. The van der Waals surface area contributed by atoms with E-state index >= 15 is 0 Å². The number of hydrogen-bond donors (Lipinski definition) is 3. The number of benzene rings is 1. The van der Waals surface area contributed by atoms with Crippen molar-refractivity contribution in [2.75, 3.05) is 57.7 Å². The van der Waals surface area contributed by atoms with Crippen molar-refractivity contribution in [2.45, 2.75) is 19.3 Å². The van der Waals surface area contributed by atoms with E-state index < -0.39 is 17.8 Å². The van der Waals surface area contributed by atoms with Crippen LogP contribution < -0.4 is 5.32 Å². The highest BCUT2D eigenvalue weighted by Gasteiger charge is 2.28. The minimum atomic E-state index is -1.02. The van der Waals surface area contributed by atoms with E-state index in [1.165, 1.54) is 6.07 Å². The normalized spacial score (nSPS) is 18.9. The summed E-state index contributed by atoms with van der Waals surface area (Å²) < 4.78 is 0. The molecule has 2 heterocycles. The number of carboxylic acids is 1. The number of carbonyl (C=O) groups is 3. The van der Waals surface area contributed by atoms with Gasteiger partial charge in [-0.3, -0.25) is 24.2 Å². The monoisotopic (exact) mass is 418 g/mol. The first-order valence-electron chi connectivity index (χ1n) is 10.5. The van der Waals surface area contributed by atoms with E-state index in [9.17, 15) is 24.6 Å². The van der Waals surface area contributed by atoms with Gasteiger partial charge in [-0.05, 0) is 25.0 Å². The van der Waals surface area contributed by atoms with Gasteiger partial charge in [-0.15, -0.1) is 0 Å². The van der Waals surface area contributed by atoms with Crippen molar-refractivity contribution < 1.29 is 24.6 Å². The first-order valence-corrected chi connectivity index (χ1v) is 10.5. The SMILES string of the molecule is O=C(C[C@@H](CN1CCN(CC(=O)N2CCCC2)CC1)C(=O)O)Nc1ccccc1O. The summed E-state index contributed by atoms with van der Waals surface area (Å²) in [5.74, 6) is -2.19. The molecule has 164 valence electrons. The fourth-order valence-corrected chi connectivity index (χ4v) is 3.93. The van der Waals surface area contributed by atoms with Crippen LogP contribution in [-0.2, 0) is 14.4 Å². The number of phenolic OH excluding ortho intramolecular Hbond substituents is 1. The average Bonchev–Trinajstić information content (AvgIpc) is 3.25. The molecule has 1 aromatic carbocycles. The van der Waals surface area contributed by atoms with E-state index in [2.05, 4.69) is 10.2 Å². The number of likely N-dealkylation sites (tertiary alicyclic amines) is 1. The summed E-state index contributed by atoms with van der Waals surface area (Å²) in [6, 6.07) is 6.34. The Morgan fingerprint density at radius 1 is 0.967 bits per heavy atom. The first-order chi connectivity index (χ1) is 14.4. The number of anilines is 1. The Hall–Kier alpha value is -2.65. The summed E-state index contributed by atoms with van der Waals surface area (Å²) in [4.78, 5) is 42.3. The molecule has 0 bridgehead atoms. The van der Waals surface area contributed by atoms with Gasteiger partial charge in [0.2, 0.25) is 11.8 Å². The zero-order chi connectivity index (χ0) is 21.5. The van der Waals surface area contributed by atoms with Crippen LogP contribution in [0.3, 0.4) is 0 Å². The molecule has 0 aromatic heterocycles. The van der Waals surface area contributed by atoms with E-state index in [-0.39, 0.29) is 30.3 Å². The Balaban J connectivity index is 1.44. The molecular weight excluding hydrogens is 388 g/mol. The Kier molecular flexibility index (Phi) is 7.64. The van der Waals surface area contributed by atoms with E-state index in [1.54, 1.807) is 18.2 Å². The van der Waals surface area contributed by atoms with E-state index in [0.717, 1.165) is 25.9 Å². The van der Waals surface area contributed by atoms with Crippen LogP contribution in [0.2, 0.25) is 0 Å². The molecule has 2 amide bonds. The second-order valence-electron chi connectivity index (χ2n) is 7.97. The maximum absolute atomic E-state index is 12.3. The van der Waals surface area contributed by atoms with Gasteiger partial charge in [0.15, 0.2) is 0 Å². The fourth-order valence-electron chi connectivity index (χ4n) is 3.93. The van der Waals surface area contributed by atoms with Gasteiger partial charge in [-0.25, -0.2) is 0 Å². The molecule has 0 spiro atoms. The first kappa shape index (κ1) is 22.0. The van der Waals surface area contributed by atoms with Crippen molar-refractivity contribution in [2.24, 2.45) is 5.92 Å². The van der Waals surface area contributed by atoms with Gasteiger partial charge in [0, 0.05) is 52.2 Å². The lowest BCUT2D eigenvalue weighted by Gasteiger charge is -2.36. The number of rotatable bonds is 8. The lowest BCUT2D eigenvalue weighted by molar-refractivity contribution is -0.144. The third-order valence-electron chi connectivity index (χ3n) is 5.72. The molecule has 2 aliphatic heterocycles. The van der Waals surface area contributed by atoms with Gasteiger partial charge in [-0.2, -0.15) is 0 Å². The fraction of sp³-hybridized carbons (Fsp3) is 0.571. The van der Waals surface area contributed by atoms with Gasteiger partial charge in [0.1, 0.15) is 5.75 Å². The Bertz CT molecular complexity index is 758. The number of carboxylic acid groups (broad SMARTS) is 1. The lowest BCUT2D eigenvalue weighted by Crippen LogP contribution is -2.51. The quantitative estimate of drug-likeness (QED) is 0.532. The molecule has 0 aliphatic carbocycles. The number of aliphatic carboxylic acids is 1. The molecule has 2 saturated heterocycles. The molecule has 9 nitrogen and oxygen atoms in total. The molecule has 2 fully saturated rings. The van der Waals surface area contributed by atoms with Gasteiger partial charge >= 0.3 is 5.97 Å². The molecule has 0 radical (unpaired) electrons. The van der Waals surface area contributed by atoms with E-state index in [1.807, 2.05) is 9.80 Å². The summed E-state index contributed by atoms with van der Waals surface area (Å²) >= 11 is 0. The number of piperazine rings is 1. The number of phenols is 1. The van der Waals surface area contributed by atoms with Gasteiger partial charge < -0.3 is 20.4 Å². The number of para-hydroxylation sites is 2. The van der Waals surface area contributed by atoms with Crippen molar-refractivity contribution in [1.82, 2.24) is 14.7 Å². The predicted molar refractivity (Wildman–Crippen MR) is 111 cm³/mol. The topological polar surface area (TPSA) is 113 Å². The highest BCUT2D eigenvalue weighted by molar-refractivity contribution is 5.94. The summed E-state index contributed by atoms with van der Waals surface area (Å²) in [5, 5.41) is 21.9. The van der Waals surface area contributed by atoms with Crippen molar-refractivity contribution in [3.8, 4) is 5.75 Å². The third-order valence-corrected chi connectivity index (χ3v) is 5.72. The number of amides is 2. The molecule has 3 N–H and O–H groups in total. The summed E-state index contributed by atoms with van der Waals surface area (Å²) in [5.41, 5.74) is 0.267. The Morgan fingerprint density at radius 2 is 1.60 bits per heavy atom. The van der Waals surface area contributed by atoms with E-state index in [0.29, 0.717) is 32.7 Å². The van der Waals surface area contributed by atoms with Crippen LogP contribution in [0.15, 0.2) is 24.3 Å². The number of aromatic hydroxyl groups is 1. The van der Waals surface area contributed by atoms with Crippen LogP contribution in [0, 0.1) is 5.92 Å². The molecule has 2 aliphatic rings. The lowest BCUT2D eigenvalue weighted by atomic mass is 10.0. The average molecular weight is 418 g/mol. The summed E-state index contributed by atoms with van der Waals surface area (Å²) in [6.07, 6.45) is 1.98. The molecule has 1 atom stereocenters. The highest BCUT2D eigenvalue weighted by atomic mass is 16.4. The second kappa shape index (κ2) is 10.4. The maximum atomic E-state index is 12.3. The smallest absolute Gasteiger partial charge is 0.308 e. The Labute approximate surface area is 176 Å². The third kappa shape index (κ3) is 6.17. The van der Waals surface area contributed by atoms with Crippen LogP contribution in [0.25, 0.3) is 0 Å². The van der Waals surface area contributed by atoms with Gasteiger partial charge in [-0.1, -0.05) is 12.1 Å². The van der Waals surface area contributed by atoms with Crippen molar-refractivity contribution in [3.63, 3.8) is 0 Å². The molecule has 30 heavy (non-hydrogen) atoms.